The van der Waals surface area contributed by atoms with Crippen molar-refractivity contribution in [3.63, 3.8) is 0 Å². The van der Waals surface area contributed by atoms with Gasteiger partial charge >= 0.3 is 0 Å². The van der Waals surface area contributed by atoms with Crippen molar-refractivity contribution in [3.8, 4) is 78.6 Å². The van der Waals surface area contributed by atoms with Crippen molar-refractivity contribution in [2.75, 3.05) is 0 Å². The molecule has 7 aromatic carbocycles. The van der Waals surface area contributed by atoms with Crippen molar-refractivity contribution in [2.24, 2.45) is 0 Å². The first-order valence-corrected chi connectivity index (χ1v) is 22.7. The molecule has 0 aliphatic heterocycles. The van der Waals surface area contributed by atoms with Gasteiger partial charge < -0.3 is 5.11 Å². The number of fused-ring (bicyclic) bond motifs is 1. The van der Waals surface area contributed by atoms with E-state index in [0.717, 1.165) is 66.8 Å². The van der Waals surface area contributed by atoms with Gasteiger partial charge in [0.15, 0.2) is 0 Å². The largest absolute Gasteiger partial charge is 0.507 e. The van der Waals surface area contributed by atoms with Crippen molar-refractivity contribution in [1.82, 2.24) is 14.5 Å². The standard InChI is InChI=1S/C62H61N3O/c1-39(2)45-35-52(40(3)4)59(66)54(36-45)60-64-58-51(22-17-23-57(58)65(60)56-29-28-50(62(8,9)10)38-53(56)43-20-15-12-16-21-43)47-32-46(41-18-13-11-14-19-41)33-48(34-47)55-37-44(30-31-63-55)42-24-26-49(27-25-42)61(5,6)7/h11-40,66H,1-10H3/i5D3,6D3,7D3. The highest BCUT2D eigenvalue weighted by Gasteiger charge is 2.26. The summed E-state index contributed by atoms with van der Waals surface area (Å²) in [7, 11) is 0. The van der Waals surface area contributed by atoms with Crippen molar-refractivity contribution in [1.29, 1.82) is 0 Å². The molecule has 0 bridgehead atoms. The summed E-state index contributed by atoms with van der Waals surface area (Å²) < 4.78 is 76.3. The van der Waals surface area contributed by atoms with Crippen molar-refractivity contribution < 1.29 is 17.4 Å². The summed E-state index contributed by atoms with van der Waals surface area (Å²) in [6.07, 6.45) is 1.68. The van der Waals surface area contributed by atoms with E-state index in [2.05, 4.69) is 150 Å². The normalized spacial score (nSPS) is 14.7. The van der Waals surface area contributed by atoms with E-state index >= 15 is 0 Å². The van der Waals surface area contributed by atoms with Crippen LogP contribution < -0.4 is 0 Å². The highest BCUT2D eigenvalue weighted by atomic mass is 16.3. The van der Waals surface area contributed by atoms with E-state index in [4.69, 9.17) is 22.3 Å². The molecule has 4 nitrogen and oxygen atoms in total. The van der Waals surface area contributed by atoms with Crippen molar-refractivity contribution in [3.05, 3.63) is 192 Å². The number of aromatic nitrogens is 3. The molecule has 0 aliphatic rings. The summed E-state index contributed by atoms with van der Waals surface area (Å²) in [6, 6.07) is 53.3. The van der Waals surface area contributed by atoms with Gasteiger partial charge in [0.2, 0.25) is 0 Å². The predicted molar refractivity (Wildman–Crippen MR) is 279 cm³/mol. The average molecular weight is 873 g/mol. The van der Waals surface area contributed by atoms with Gasteiger partial charge in [-0.05, 0) is 133 Å². The fraction of sp³-hybridized carbons (Fsp3) is 0.226. The Morgan fingerprint density at radius 1 is 0.515 bits per heavy atom. The number of rotatable bonds is 9. The van der Waals surface area contributed by atoms with Crippen LogP contribution in [-0.2, 0) is 10.8 Å². The monoisotopic (exact) mass is 873 g/mol. The lowest BCUT2D eigenvalue weighted by atomic mass is 9.85. The van der Waals surface area contributed by atoms with Gasteiger partial charge in [0.05, 0.1) is 28.0 Å². The minimum absolute atomic E-state index is 0.0381. The van der Waals surface area contributed by atoms with Gasteiger partial charge in [0.25, 0.3) is 0 Å². The second-order valence-corrected chi connectivity index (χ2v) is 19.0. The molecule has 9 aromatic rings. The molecule has 0 saturated carbocycles. The number of pyridine rings is 1. The number of para-hydroxylation sites is 1. The van der Waals surface area contributed by atoms with Crippen molar-refractivity contribution >= 4 is 11.0 Å². The van der Waals surface area contributed by atoms with Crippen LogP contribution in [0.4, 0.5) is 0 Å². The molecule has 9 rings (SSSR count). The fourth-order valence-electron chi connectivity index (χ4n) is 8.84. The first-order valence-electron chi connectivity index (χ1n) is 27.2. The Labute approximate surface area is 404 Å². The Morgan fingerprint density at radius 3 is 1.83 bits per heavy atom. The van der Waals surface area contributed by atoms with Crippen LogP contribution >= 0.6 is 0 Å². The number of phenols is 1. The molecule has 66 heavy (non-hydrogen) atoms. The van der Waals surface area contributed by atoms with Crippen LogP contribution in [0.2, 0.25) is 0 Å². The highest BCUT2D eigenvalue weighted by Crippen LogP contribution is 2.45. The quantitative estimate of drug-likeness (QED) is 0.157. The molecule has 2 heterocycles. The Hall–Kier alpha value is -7.04. The Kier molecular flexibility index (Phi) is 9.05. The number of phenolic OH excluding ortho intramolecular Hbond substituents is 1. The van der Waals surface area contributed by atoms with Gasteiger partial charge in [-0.1, -0.05) is 178 Å². The zero-order chi connectivity index (χ0) is 54.0. The van der Waals surface area contributed by atoms with Gasteiger partial charge in [-0.2, -0.15) is 0 Å². The zero-order valence-electron chi connectivity index (χ0n) is 47.6. The van der Waals surface area contributed by atoms with Crippen molar-refractivity contribution in [2.45, 2.75) is 91.7 Å². The molecule has 0 atom stereocenters. The van der Waals surface area contributed by atoms with Crippen LogP contribution in [0.5, 0.6) is 5.75 Å². The molecule has 4 heteroatoms. The predicted octanol–water partition coefficient (Wildman–Crippen LogP) is 17.0. The lowest BCUT2D eigenvalue weighted by Gasteiger charge is -2.23. The fourth-order valence-corrected chi connectivity index (χ4v) is 8.84. The van der Waals surface area contributed by atoms with Gasteiger partial charge in [-0.3, -0.25) is 9.55 Å². The third-order valence-corrected chi connectivity index (χ3v) is 12.6. The molecule has 0 saturated heterocycles. The molecule has 0 aliphatic carbocycles. The smallest absolute Gasteiger partial charge is 0.149 e. The van der Waals surface area contributed by atoms with Crippen LogP contribution in [0.1, 0.15) is 115 Å². The zero-order valence-corrected chi connectivity index (χ0v) is 38.6. The number of aromatic hydroxyl groups is 1. The lowest BCUT2D eigenvalue weighted by molar-refractivity contribution is 0.466. The second kappa shape index (κ2) is 17.4. The summed E-state index contributed by atoms with van der Waals surface area (Å²) in [5, 5.41) is 12.4. The molecule has 2 aromatic heterocycles. The highest BCUT2D eigenvalue weighted by molar-refractivity contribution is 5.98. The van der Waals surface area contributed by atoms with E-state index in [1.54, 1.807) is 24.4 Å². The third-order valence-electron chi connectivity index (χ3n) is 12.6. The summed E-state index contributed by atoms with van der Waals surface area (Å²) in [5.41, 5.74) is 11.1. The number of nitrogens with zero attached hydrogens (tertiary/aromatic N) is 3. The average Bonchev–Trinajstić information content (AvgIpc) is 3.75. The number of hydrogen-bond acceptors (Lipinski definition) is 3. The molecule has 0 unspecified atom stereocenters. The maximum atomic E-state index is 12.4. The van der Waals surface area contributed by atoms with Gasteiger partial charge in [-0.15, -0.1) is 0 Å². The molecule has 0 amide bonds. The van der Waals surface area contributed by atoms with Crippen LogP contribution in [0.3, 0.4) is 0 Å². The summed E-state index contributed by atoms with van der Waals surface area (Å²) >= 11 is 0. The molecule has 330 valence electrons. The van der Waals surface area contributed by atoms with E-state index < -0.39 is 26.0 Å². The summed E-state index contributed by atoms with van der Waals surface area (Å²) in [4.78, 5) is 10.5. The number of imidazole rings is 1. The number of hydrogen-bond donors (Lipinski definition) is 1. The molecule has 0 fully saturated rings. The SMILES string of the molecule is [2H]C([2H])([2H])C(c1ccc(-c2ccnc(-c3cc(-c4ccccc4)cc(-c4cccc5c4nc(-c4cc(C(C)C)cc(C(C)C)c4O)n5-c4ccc(C(C)(C)C)cc4-c4ccccc4)c3)c2)cc1)(C([2H])([2H])[2H])C([2H])([2H])[2H]. The molecule has 0 spiro atoms. The van der Waals surface area contributed by atoms with Gasteiger partial charge in [-0.25, -0.2) is 4.98 Å². The Balaban J connectivity index is 1.28. The van der Waals surface area contributed by atoms with E-state index in [1.165, 1.54) is 17.7 Å². The molecular weight excluding hydrogens is 803 g/mol. The number of benzene rings is 7. The minimum Gasteiger partial charge on any atom is -0.507 e. The molecular formula is C62H61N3O. The van der Waals surface area contributed by atoms with E-state index in [9.17, 15) is 5.11 Å². The minimum atomic E-state index is -3.37. The Morgan fingerprint density at radius 2 is 1.17 bits per heavy atom. The second-order valence-electron chi connectivity index (χ2n) is 19.0. The lowest BCUT2D eigenvalue weighted by Crippen LogP contribution is -2.12. The maximum Gasteiger partial charge on any atom is 0.149 e. The van der Waals surface area contributed by atoms with E-state index in [1.807, 2.05) is 36.4 Å². The maximum absolute atomic E-state index is 12.4. The summed E-state index contributed by atoms with van der Waals surface area (Å²) in [6.45, 7) is 5.04. The first-order chi connectivity index (χ1) is 35.3. The van der Waals surface area contributed by atoms with Crippen LogP contribution in [0.25, 0.3) is 83.9 Å². The van der Waals surface area contributed by atoms with Crippen LogP contribution in [0.15, 0.2) is 170 Å². The Bertz CT molecular complexity index is 3510. The van der Waals surface area contributed by atoms with E-state index in [0.29, 0.717) is 28.2 Å². The third kappa shape index (κ3) is 8.61. The van der Waals surface area contributed by atoms with Crippen LogP contribution in [-0.4, -0.2) is 19.6 Å². The van der Waals surface area contributed by atoms with Crippen LogP contribution in [0, 0.1) is 0 Å². The summed E-state index contributed by atoms with van der Waals surface area (Å²) in [5.74, 6) is 1.01. The first kappa shape index (κ1) is 34.3. The molecule has 0 radical (unpaired) electrons. The molecule has 1 N–H and O–H groups in total. The topological polar surface area (TPSA) is 50.9 Å². The van der Waals surface area contributed by atoms with E-state index in [-0.39, 0.29) is 28.6 Å². The van der Waals surface area contributed by atoms with Gasteiger partial charge in [0, 0.05) is 35.2 Å². The van der Waals surface area contributed by atoms with Gasteiger partial charge in [0.1, 0.15) is 11.6 Å².